The molecule has 0 saturated heterocycles. The zero-order valence-electron chi connectivity index (χ0n) is 7.16. The summed E-state index contributed by atoms with van der Waals surface area (Å²) in [5, 5.41) is 9.47. The van der Waals surface area contributed by atoms with Crippen LogP contribution in [0.3, 0.4) is 0 Å². The van der Waals surface area contributed by atoms with Gasteiger partial charge < -0.3 is 9.84 Å². The normalized spacial score (nSPS) is 15.8. The van der Waals surface area contributed by atoms with Crippen molar-refractivity contribution in [3.05, 3.63) is 22.7 Å². The number of halogens is 1. The molecule has 0 unspecified atom stereocenters. The molecule has 13 heavy (non-hydrogen) atoms. The highest BCUT2D eigenvalue weighted by Gasteiger charge is 2.22. The van der Waals surface area contributed by atoms with Crippen molar-refractivity contribution >= 4 is 15.9 Å². The Morgan fingerprint density at radius 3 is 2.85 bits per heavy atom. The SMILES string of the molecule is Oc1cccc(Br)c1OCC1CC1. The lowest BCUT2D eigenvalue weighted by molar-refractivity contribution is 0.282. The molecular formula is C10H11BrO2. The van der Waals surface area contributed by atoms with Gasteiger partial charge in [0.05, 0.1) is 11.1 Å². The fourth-order valence-corrected chi connectivity index (χ4v) is 1.60. The van der Waals surface area contributed by atoms with Gasteiger partial charge in [-0.25, -0.2) is 0 Å². The Kier molecular flexibility index (Phi) is 2.44. The Morgan fingerprint density at radius 1 is 1.46 bits per heavy atom. The van der Waals surface area contributed by atoms with Crippen LogP contribution in [0, 0.1) is 5.92 Å². The van der Waals surface area contributed by atoms with E-state index in [-0.39, 0.29) is 5.75 Å². The first-order chi connectivity index (χ1) is 6.27. The van der Waals surface area contributed by atoms with E-state index in [1.165, 1.54) is 12.8 Å². The van der Waals surface area contributed by atoms with Gasteiger partial charge in [0.25, 0.3) is 0 Å². The maximum absolute atomic E-state index is 9.47. The summed E-state index contributed by atoms with van der Waals surface area (Å²) < 4.78 is 6.31. The van der Waals surface area contributed by atoms with Crippen LogP contribution >= 0.6 is 15.9 Å². The van der Waals surface area contributed by atoms with Crippen LogP contribution in [0.25, 0.3) is 0 Å². The van der Waals surface area contributed by atoms with Crippen LogP contribution in [0.2, 0.25) is 0 Å². The second-order valence-corrected chi connectivity index (χ2v) is 4.20. The number of phenols is 1. The highest BCUT2D eigenvalue weighted by Crippen LogP contribution is 2.36. The molecule has 0 spiro atoms. The second kappa shape index (κ2) is 3.58. The molecular weight excluding hydrogens is 232 g/mol. The molecule has 2 rings (SSSR count). The van der Waals surface area contributed by atoms with Crippen molar-refractivity contribution < 1.29 is 9.84 Å². The Bertz CT molecular complexity index is 288. The number of rotatable bonds is 3. The number of benzene rings is 1. The molecule has 2 nitrogen and oxygen atoms in total. The van der Waals surface area contributed by atoms with Gasteiger partial charge in [-0.05, 0) is 46.8 Å². The fraction of sp³-hybridized carbons (Fsp3) is 0.400. The van der Waals surface area contributed by atoms with Crippen LogP contribution in [0.4, 0.5) is 0 Å². The molecule has 0 amide bonds. The molecule has 0 atom stereocenters. The smallest absolute Gasteiger partial charge is 0.175 e. The van der Waals surface area contributed by atoms with E-state index in [9.17, 15) is 5.11 Å². The summed E-state index contributed by atoms with van der Waals surface area (Å²) in [5.74, 6) is 1.47. The minimum atomic E-state index is 0.204. The third-order valence-corrected chi connectivity index (χ3v) is 2.73. The average molecular weight is 243 g/mol. The maximum atomic E-state index is 9.47. The van der Waals surface area contributed by atoms with Crippen molar-refractivity contribution in [1.29, 1.82) is 0 Å². The Hall–Kier alpha value is -0.700. The molecule has 0 radical (unpaired) electrons. The summed E-state index contributed by atoms with van der Waals surface area (Å²) >= 11 is 3.33. The van der Waals surface area contributed by atoms with Crippen molar-refractivity contribution in [1.82, 2.24) is 0 Å². The maximum Gasteiger partial charge on any atom is 0.175 e. The number of phenolic OH excluding ortho intramolecular Hbond substituents is 1. The van der Waals surface area contributed by atoms with Crippen LogP contribution in [-0.4, -0.2) is 11.7 Å². The Labute approximate surface area is 85.7 Å². The van der Waals surface area contributed by atoms with Gasteiger partial charge in [-0.2, -0.15) is 0 Å². The molecule has 70 valence electrons. The van der Waals surface area contributed by atoms with Crippen molar-refractivity contribution in [2.75, 3.05) is 6.61 Å². The van der Waals surface area contributed by atoms with Crippen LogP contribution in [-0.2, 0) is 0 Å². The monoisotopic (exact) mass is 242 g/mol. The highest BCUT2D eigenvalue weighted by atomic mass is 79.9. The zero-order valence-corrected chi connectivity index (χ0v) is 8.75. The van der Waals surface area contributed by atoms with Crippen molar-refractivity contribution in [2.24, 2.45) is 5.92 Å². The molecule has 0 heterocycles. The molecule has 0 bridgehead atoms. The van der Waals surface area contributed by atoms with Crippen molar-refractivity contribution in [3.8, 4) is 11.5 Å². The van der Waals surface area contributed by atoms with Crippen molar-refractivity contribution in [3.63, 3.8) is 0 Å². The largest absolute Gasteiger partial charge is 0.504 e. The van der Waals surface area contributed by atoms with E-state index in [1.807, 2.05) is 6.07 Å². The third-order valence-electron chi connectivity index (χ3n) is 2.11. The number of hydrogen-bond donors (Lipinski definition) is 1. The van der Waals surface area contributed by atoms with E-state index in [0.29, 0.717) is 11.7 Å². The Balaban J connectivity index is 2.07. The molecule has 0 aliphatic heterocycles. The first kappa shape index (κ1) is 8.88. The number of hydrogen-bond acceptors (Lipinski definition) is 2. The van der Waals surface area contributed by atoms with E-state index in [1.54, 1.807) is 12.1 Å². The molecule has 3 heteroatoms. The minimum absolute atomic E-state index is 0.204. The highest BCUT2D eigenvalue weighted by molar-refractivity contribution is 9.10. The van der Waals surface area contributed by atoms with E-state index in [2.05, 4.69) is 15.9 Å². The van der Waals surface area contributed by atoms with Gasteiger partial charge in [-0.3, -0.25) is 0 Å². The lowest BCUT2D eigenvalue weighted by atomic mass is 10.3. The lowest BCUT2D eigenvalue weighted by Gasteiger charge is -2.08. The first-order valence-corrected chi connectivity index (χ1v) is 5.17. The first-order valence-electron chi connectivity index (χ1n) is 4.37. The average Bonchev–Trinajstić information content (AvgIpc) is 2.87. The number of ether oxygens (including phenoxy) is 1. The van der Waals surface area contributed by atoms with Gasteiger partial charge in [0, 0.05) is 0 Å². The molecule has 1 fully saturated rings. The van der Waals surface area contributed by atoms with E-state index in [0.717, 1.165) is 11.1 Å². The zero-order chi connectivity index (χ0) is 9.26. The van der Waals surface area contributed by atoms with Crippen LogP contribution in [0.5, 0.6) is 11.5 Å². The topological polar surface area (TPSA) is 29.5 Å². The number of aromatic hydroxyl groups is 1. The molecule has 0 aromatic heterocycles. The molecule has 1 N–H and O–H groups in total. The summed E-state index contributed by atoms with van der Waals surface area (Å²) in [5.41, 5.74) is 0. The van der Waals surface area contributed by atoms with E-state index in [4.69, 9.17) is 4.74 Å². The summed E-state index contributed by atoms with van der Waals surface area (Å²) in [6.45, 7) is 0.718. The van der Waals surface area contributed by atoms with Crippen LogP contribution < -0.4 is 4.74 Å². The van der Waals surface area contributed by atoms with Crippen LogP contribution in [0.15, 0.2) is 22.7 Å². The van der Waals surface area contributed by atoms with Gasteiger partial charge in [-0.1, -0.05) is 6.07 Å². The summed E-state index contributed by atoms with van der Waals surface area (Å²) in [6.07, 6.45) is 2.51. The fourth-order valence-electron chi connectivity index (χ4n) is 1.13. The summed E-state index contributed by atoms with van der Waals surface area (Å²) in [7, 11) is 0. The molecule has 1 aromatic carbocycles. The molecule has 1 aliphatic carbocycles. The third kappa shape index (κ3) is 2.15. The van der Waals surface area contributed by atoms with E-state index < -0.39 is 0 Å². The predicted molar refractivity (Wildman–Crippen MR) is 54.0 cm³/mol. The van der Waals surface area contributed by atoms with Gasteiger partial charge in [0.1, 0.15) is 0 Å². The second-order valence-electron chi connectivity index (χ2n) is 3.34. The standard InChI is InChI=1S/C10H11BrO2/c11-8-2-1-3-9(12)10(8)13-6-7-4-5-7/h1-3,7,12H,4-6H2. The van der Waals surface area contributed by atoms with Crippen molar-refractivity contribution in [2.45, 2.75) is 12.8 Å². The Morgan fingerprint density at radius 2 is 2.23 bits per heavy atom. The van der Waals surface area contributed by atoms with Crippen LogP contribution in [0.1, 0.15) is 12.8 Å². The molecule has 1 aromatic rings. The van der Waals surface area contributed by atoms with E-state index >= 15 is 0 Å². The minimum Gasteiger partial charge on any atom is -0.504 e. The number of para-hydroxylation sites is 1. The van der Waals surface area contributed by atoms with Gasteiger partial charge in [0.2, 0.25) is 0 Å². The van der Waals surface area contributed by atoms with Gasteiger partial charge >= 0.3 is 0 Å². The summed E-state index contributed by atoms with van der Waals surface area (Å²) in [6, 6.07) is 5.28. The molecule has 1 aliphatic rings. The molecule has 1 saturated carbocycles. The van der Waals surface area contributed by atoms with Gasteiger partial charge in [0.15, 0.2) is 11.5 Å². The lowest BCUT2D eigenvalue weighted by Crippen LogP contribution is -1.99. The predicted octanol–water partition coefficient (Wildman–Crippen LogP) is 2.94. The summed E-state index contributed by atoms with van der Waals surface area (Å²) in [4.78, 5) is 0. The van der Waals surface area contributed by atoms with Gasteiger partial charge in [-0.15, -0.1) is 0 Å². The quantitative estimate of drug-likeness (QED) is 0.884.